The molecule has 4 nitrogen and oxygen atoms in total. The summed E-state index contributed by atoms with van der Waals surface area (Å²) in [7, 11) is 0. The van der Waals surface area contributed by atoms with Gasteiger partial charge in [-0.2, -0.15) is 0 Å². The molecule has 1 fully saturated rings. The van der Waals surface area contributed by atoms with Crippen LogP contribution >= 0.6 is 0 Å². The van der Waals surface area contributed by atoms with Gasteiger partial charge in [-0.25, -0.2) is 5.90 Å². The van der Waals surface area contributed by atoms with Gasteiger partial charge in [0.15, 0.2) is 0 Å². The van der Waals surface area contributed by atoms with Gasteiger partial charge in [-0.05, 0) is 24.1 Å². The molecular formula is C12H18N2O2. The van der Waals surface area contributed by atoms with Crippen molar-refractivity contribution in [2.75, 3.05) is 37.8 Å². The second kappa shape index (κ2) is 5.84. The van der Waals surface area contributed by atoms with Gasteiger partial charge >= 0.3 is 0 Å². The number of anilines is 1. The van der Waals surface area contributed by atoms with Gasteiger partial charge in [0, 0.05) is 18.8 Å². The lowest BCUT2D eigenvalue weighted by atomic mass is 10.1. The highest BCUT2D eigenvalue weighted by Crippen LogP contribution is 2.17. The lowest BCUT2D eigenvalue weighted by Crippen LogP contribution is -2.36. The van der Waals surface area contributed by atoms with E-state index in [1.807, 2.05) is 0 Å². The van der Waals surface area contributed by atoms with Crippen LogP contribution in [0, 0.1) is 0 Å². The quantitative estimate of drug-likeness (QED) is 0.771. The van der Waals surface area contributed by atoms with Gasteiger partial charge in [-0.15, -0.1) is 0 Å². The van der Waals surface area contributed by atoms with Gasteiger partial charge < -0.3 is 14.5 Å². The molecule has 1 aliphatic rings. The average Bonchev–Trinajstić information content (AvgIpc) is 2.38. The van der Waals surface area contributed by atoms with Crippen molar-refractivity contribution in [3.8, 4) is 0 Å². The van der Waals surface area contributed by atoms with E-state index in [0.717, 1.165) is 32.7 Å². The van der Waals surface area contributed by atoms with E-state index in [0.29, 0.717) is 6.61 Å². The second-order valence-corrected chi connectivity index (χ2v) is 3.89. The van der Waals surface area contributed by atoms with Crippen LogP contribution in [-0.4, -0.2) is 32.9 Å². The van der Waals surface area contributed by atoms with Crippen LogP contribution in [0.15, 0.2) is 24.3 Å². The Kier molecular flexibility index (Phi) is 4.16. The van der Waals surface area contributed by atoms with Crippen LogP contribution in [0.4, 0.5) is 5.69 Å². The molecule has 1 heterocycles. The summed E-state index contributed by atoms with van der Waals surface area (Å²) in [5, 5.41) is 0. The van der Waals surface area contributed by atoms with Crippen molar-refractivity contribution in [1.29, 1.82) is 0 Å². The average molecular weight is 222 g/mol. The van der Waals surface area contributed by atoms with Gasteiger partial charge in [0.1, 0.15) is 0 Å². The normalized spacial score (nSPS) is 16.4. The van der Waals surface area contributed by atoms with Crippen LogP contribution < -0.4 is 10.8 Å². The molecule has 0 saturated carbocycles. The molecule has 0 bridgehead atoms. The smallest absolute Gasteiger partial charge is 0.0719 e. The number of nitrogens with zero attached hydrogens (tertiary/aromatic N) is 1. The first-order chi connectivity index (χ1) is 7.90. The van der Waals surface area contributed by atoms with Gasteiger partial charge in [-0.1, -0.05) is 12.1 Å². The van der Waals surface area contributed by atoms with Crippen molar-refractivity contribution >= 4 is 5.69 Å². The first-order valence-electron chi connectivity index (χ1n) is 5.63. The second-order valence-electron chi connectivity index (χ2n) is 3.89. The minimum absolute atomic E-state index is 0.562. The summed E-state index contributed by atoms with van der Waals surface area (Å²) in [6.07, 6.45) is 0.856. The Morgan fingerprint density at radius 3 is 2.88 bits per heavy atom. The van der Waals surface area contributed by atoms with E-state index in [4.69, 9.17) is 10.6 Å². The number of hydrogen-bond donors (Lipinski definition) is 1. The fourth-order valence-corrected chi connectivity index (χ4v) is 1.91. The number of nitrogens with two attached hydrogens (primary N) is 1. The van der Waals surface area contributed by atoms with E-state index < -0.39 is 0 Å². The maximum absolute atomic E-state index is 5.34. The van der Waals surface area contributed by atoms with Crippen molar-refractivity contribution in [3.63, 3.8) is 0 Å². The highest BCUT2D eigenvalue weighted by molar-refractivity contribution is 5.48. The summed E-state index contributed by atoms with van der Waals surface area (Å²) >= 11 is 0. The molecule has 2 rings (SSSR count). The molecule has 0 aromatic heterocycles. The van der Waals surface area contributed by atoms with Crippen LogP contribution in [-0.2, 0) is 16.0 Å². The molecule has 1 aromatic carbocycles. The maximum atomic E-state index is 5.34. The molecule has 0 unspecified atom stereocenters. The third-order valence-corrected chi connectivity index (χ3v) is 2.80. The van der Waals surface area contributed by atoms with E-state index in [1.54, 1.807) is 0 Å². The molecule has 88 valence electrons. The van der Waals surface area contributed by atoms with Gasteiger partial charge in [0.05, 0.1) is 19.8 Å². The molecule has 16 heavy (non-hydrogen) atoms. The maximum Gasteiger partial charge on any atom is 0.0719 e. The number of ether oxygens (including phenoxy) is 1. The third kappa shape index (κ3) is 2.95. The monoisotopic (exact) mass is 222 g/mol. The largest absolute Gasteiger partial charge is 0.378 e. The molecule has 1 aromatic rings. The van der Waals surface area contributed by atoms with E-state index in [-0.39, 0.29) is 0 Å². The predicted octanol–water partition coefficient (Wildman–Crippen LogP) is 0.956. The van der Waals surface area contributed by atoms with Crippen LogP contribution in [0.1, 0.15) is 5.56 Å². The van der Waals surface area contributed by atoms with Crippen molar-refractivity contribution in [3.05, 3.63) is 29.8 Å². The number of benzene rings is 1. The first kappa shape index (κ1) is 11.4. The minimum atomic E-state index is 0.562. The Morgan fingerprint density at radius 2 is 2.12 bits per heavy atom. The fraction of sp³-hybridized carbons (Fsp3) is 0.500. The molecule has 0 spiro atoms. The summed E-state index contributed by atoms with van der Waals surface area (Å²) in [4.78, 5) is 6.94. The van der Waals surface area contributed by atoms with Gasteiger partial charge in [0.2, 0.25) is 0 Å². The fourth-order valence-electron chi connectivity index (χ4n) is 1.91. The van der Waals surface area contributed by atoms with E-state index >= 15 is 0 Å². The lowest BCUT2D eigenvalue weighted by Gasteiger charge is -2.29. The third-order valence-electron chi connectivity index (χ3n) is 2.80. The molecule has 1 aliphatic heterocycles. The Balaban J connectivity index is 2.02. The number of morpholine rings is 1. The topological polar surface area (TPSA) is 47.7 Å². The van der Waals surface area contributed by atoms with Crippen LogP contribution in [0.3, 0.4) is 0 Å². The number of rotatable bonds is 4. The zero-order chi connectivity index (χ0) is 11.2. The lowest BCUT2D eigenvalue weighted by molar-refractivity contribution is 0.122. The standard InChI is InChI=1S/C12H18N2O2/c13-16-7-4-11-2-1-3-12(10-11)14-5-8-15-9-6-14/h1-3,10H,4-9,13H2. The Hall–Kier alpha value is -1.10. The summed E-state index contributed by atoms with van der Waals surface area (Å²) in [5.41, 5.74) is 2.52. The number of hydrogen-bond acceptors (Lipinski definition) is 4. The van der Waals surface area contributed by atoms with E-state index in [1.165, 1.54) is 11.3 Å². The van der Waals surface area contributed by atoms with Crippen LogP contribution in [0.2, 0.25) is 0 Å². The van der Waals surface area contributed by atoms with Gasteiger partial charge in [-0.3, -0.25) is 0 Å². The summed E-state index contributed by atoms with van der Waals surface area (Å²) < 4.78 is 5.34. The SMILES string of the molecule is NOCCc1cccc(N2CCOCC2)c1. The van der Waals surface area contributed by atoms with Crippen molar-refractivity contribution in [2.24, 2.45) is 5.90 Å². The molecule has 4 heteroatoms. The Morgan fingerprint density at radius 1 is 1.31 bits per heavy atom. The van der Waals surface area contributed by atoms with Gasteiger partial charge in [0.25, 0.3) is 0 Å². The highest BCUT2D eigenvalue weighted by Gasteiger charge is 2.10. The molecule has 0 radical (unpaired) electrons. The summed E-state index contributed by atoms with van der Waals surface area (Å²) in [6.45, 7) is 4.13. The van der Waals surface area contributed by atoms with Crippen LogP contribution in [0.25, 0.3) is 0 Å². The zero-order valence-corrected chi connectivity index (χ0v) is 9.39. The van der Waals surface area contributed by atoms with Crippen molar-refractivity contribution in [1.82, 2.24) is 0 Å². The Labute approximate surface area is 95.9 Å². The minimum Gasteiger partial charge on any atom is -0.378 e. The Bertz CT molecular complexity index is 325. The van der Waals surface area contributed by atoms with Crippen molar-refractivity contribution < 1.29 is 9.57 Å². The summed E-state index contributed by atoms with van der Waals surface area (Å²) in [6, 6.07) is 8.52. The molecule has 0 aliphatic carbocycles. The molecular weight excluding hydrogens is 204 g/mol. The van der Waals surface area contributed by atoms with Crippen LogP contribution in [0.5, 0.6) is 0 Å². The highest BCUT2D eigenvalue weighted by atomic mass is 16.6. The predicted molar refractivity (Wildman–Crippen MR) is 63.3 cm³/mol. The summed E-state index contributed by atoms with van der Waals surface area (Å²) in [5.74, 6) is 5.03. The molecule has 0 amide bonds. The zero-order valence-electron chi connectivity index (χ0n) is 9.39. The molecule has 2 N–H and O–H groups in total. The molecule has 1 saturated heterocycles. The van der Waals surface area contributed by atoms with E-state index in [9.17, 15) is 0 Å². The van der Waals surface area contributed by atoms with Crippen molar-refractivity contribution in [2.45, 2.75) is 6.42 Å². The van der Waals surface area contributed by atoms with E-state index in [2.05, 4.69) is 34.0 Å². The molecule has 0 atom stereocenters. The first-order valence-corrected chi connectivity index (χ1v) is 5.63.